The summed E-state index contributed by atoms with van der Waals surface area (Å²) in [5.41, 5.74) is 9.40. The summed E-state index contributed by atoms with van der Waals surface area (Å²) in [5, 5.41) is 3.02. The van der Waals surface area contributed by atoms with Gasteiger partial charge in [-0.25, -0.2) is 0 Å². The lowest BCUT2D eigenvalue weighted by atomic mass is 9.89. The standard InChI is InChI=1S/C21H27N3O/c1-2-16-7-6-10-19(11-16)23-21(25)15-24-13-18(12-22)20(14-24)17-8-4-3-5-9-17/h3-11,18,20H,2,12-15,22H2,1H3,(H,23,25)/t18-,20+/m1/s1. The van der Waals surface area contributed by atoms with Crippen LogP contribution in [0.2, 0.25) is 0 Å². The fraction of sp³-hybridized carbons (Fsp3) is 0.381. The molecule has 1 fully saturated rings. The van der Waals surface area contributed by atoms with Gasteiger partial charge in [-0.3, -0.25) is 9.69 Å². The summed E-state index contributed by atoms with van der Waals surface area (Å²) in [4.78, 5) is 14.6. The van der Waals surface area contributed by atoms with Gasteiger partial charge in [0.05, 0.1) is 6.54 Å². The molecule has 2 aromatic carbocycles. The fourth-order valence-corrected chi connectivity index (χ4v) is 3.68. The van der Waals surface area contributed by atoms with Crippen LogP contribution in [-0.4, -0.2) is 37.0 Å². The van der Waals surface area contributed by atoms with Crippen molar-refractivity contribution in [1.29, 1.82) is 0 Å². The maximum Gasteiger partial charge on any atom is 0.238 e. The third-order valence-electron chi connectivity index (χ3n) is 5.03. The highest BCUT2D eigenvalue weighted by Crippen LogP contribution is 2.31. The van der Waals surface area contributed by atoms with Crippen LogP contribution in [0.15, 0.2) is 54.6 Å². The van der Waals surface area contributed by atoms with Gasteiger partial charge in [0.1, 0.15) is 0 Å². The number of nitrogens with one attached hydrogen (secondary N) is 1. The number of carbonyl (C=O) groups excluding carboxylic acids is 1. The van der Waals surface area contributed by atoms with Crippen LogP contribution in [0.1, 0.15) is 24.0 Å². The summed E-state index contributed by atoms with van der Waals surface area (Å²) in [7, 11) is 0. The van der Waals surface area contributed by atoms with Gasteiger partial charge < -0.3 is 11.1 Å². The van der Waals surface area contributed by atoms with Crippen molar-refractivity contribution < 1.29 is 4.79 Å². The van der Waals surface area contributed by atoms with E-state index >= 15 is 0 Å². The summed E-state index contributed by atoms with van der Waals surface area (Å²) >= 11 is 0. The van der Waals surface area contributed by atoms with E-state index in [0.29, 0.717) is 24.9 Å². The molecule has 0 saturated carbocycles. The molecule has 1 heterocycles. The van der Waals surface area contributed by atoms with E-state index in [1.54, 1.807) is 0 Å². The second-order valence-electron chi connectivity index (χ2n) is 6.81. The zero-order valence-electron chi connectivity index (χ0n) is 14.8. The molecule has 4 nitrogen and oxygen atoms in total. The first kappa shape index (κ1) is 17.6. The van der Waals surface area contributed by atoms with E-state index in [9.17, 15) is 4.79 Å². The molecule has 3 rings (SSSR count). The van der Waals surface area contributed by atoms with Crippen molar-refractivity contribution in [1.82, 2.24) is 4.90 Å². The lowest BCUT2D eigenvalue weighted by Crippen LogP contribution is -2.32. The van der Waals surface area contributed by atoms with Crippen molar-refractivity contribution in [3.8, 4) is 0 Å². The molecule has 0 spiro atoms. The number of nitrogens with zero attached hydrogens (tertiary/aromatic N) is 1. The van der Waals surface area contributed by atoms with Crippen LogP contribution in [0.5, 0.6) is 0 Å². The van der Waals surface area contributed by atoms with E-state index in [4.69, 9.17) is 5.73 Å². The van der Waals surface area contributed by atoms with Gasteiger partial charge in [0.2, 0.25) is 5.91 Å². The number of nitrogens with two attached hydrogens (primary N) is 1. The minimum absolute atomic E-state index is 0.0396. The third kappa shape index (κ3) is 4.47. The first-order valence-electron chi connectivity index (χ1n) is 9.05. The predicted molar refractivity (Wildman–Crippen MR) is 103 cm³/mol. The van der Waals surface area contributed by atoms with E-state index in [0.717, 1.165) is 25.2 Å². The fourth-order valence-electron chi connectivity index (χ4n) is 3.68. The maximum absolute atomic E-state index is 12.4. The Kier molecular flexibility index (Phi) is 5.84. The molecule has 0 aromatic heterocycles. The molecule has 1 aliphatic heterocycles. The van der Waals surface area contributed by atoms with Crippen molar-refractivity contribution in [3.63, 3.8) is 0 Å². The molecule has 1 amide bonds. The summed E-state index contributed by atoms with van der Waals surface area (Å²) in [6.07, 6.45) is 0.965. The minimum atomic E-state index is 0.0396. The number of rotatable bonds is 6. The zero-order valence-corrected chi connectivity index (χ0v) is 14.8. The van der Waals surface area contributed by atoms with Gasteiger partial charge in [0.15, 0.2) is 0 Å². The number of carbonyl (C=O) groups is 1. The molecule has 1 aliphatic rings. The van der Waals surface area contributed by atoms with Gasteiger partial charge in [-0.1, -0.05) is 49.4 Å². The molecule has 1 saturated heterocycles. The predicted octanol–water partition coefficient (Wildman–Crippen LogP) is 2.86. The molecule has 0 bridgehead atoms. The average molecular weight is 337 g/mol. The van der Waals surface area contributed by atoms with Crippen molar-refractivity contribution in [2.75, 3.05) is 31.5 Å². The normalized spacial score (nSPS) is 20.6. The molecule has 2 aromatic rings. The largest absolute Gasteiger partial charge is 0.330 e. The zero-order chi connectivity index (χ0) is 17.6. The van der Waals surface area contributed by atoms with Gasteiger partial charge in [-0.05, 0) is 42.1 Å². The van der Waals surface area contributed by atoms with Gasteiger partial charge in [0.25, 0.3) is 0 Å². The number of hydrogen-bond acceptors (Lipinski definition) is 3. The van der Waals surface area contributed by atoms with Gasteiger partial charge in [-0.2, -0.15) is 0 Å². The summed E-state index contributed by atoms with van der Waals surface area (Å²) in [6.45, 7) is 4.93. The highest BCUT2D eigenvalue weighted by molar-refractivity contribution is 5.92. The van der Waals surface area contributed by atoms with Crippen LogP contribution in [0.3, 0.4) is 0 Å². The van der Waals surface area contributed by atoms with Crippen molar-refractivity contribution in [3.05, 3.63) is 65.7 Å². The topological polar surface area (TPSA) is 58.4 Å². The number of anilines is 1. The number of hydrogen-bond donors (Lipinski definition) is 2. The van der Waals surface area contributed by atoms with E-state index in [-0.39, 0.29) is 5.91 Å². The second-order valence-corrected chi connectivity index (χ2v) is 6.81. The van der Waals surface area contributed by atoms with Crippen LogP contribution in [0, 0.1) is 5.92 Å². The van der Waals surface area contributed by atoms with Gasteiger partial charge in [0, 0.05) is 24.7 Å². The quantitative estimate of drug-likeness (QED) is 0.852. The molecule has 2 atom stereocenters. The number of aryl methyl sites for hydroxylation is 1. The van der Waals surface area contributed by atoms with Crippen molar-refractivity contribution in [2.45, 2.75) is 19.3 Å². The Labute approximate surface area is 150 Å². The molecule has 0 unspecified atom stereocenters. The molecule has 3 N–H and O–H groups in total. The Hall–Kier alpha value is -2.17. The average Bonchev–Trinajstić information content (AvgIpc) is 3.05. The molecule has 25 heavy (non-hydrogen) atoms. The molecular formula is C21H27N3O. The monoisotopic (exact) mass is 337 g/mol. The Morgan fingerprint density at radius 3 is 2.68 bits per heavy atom. The van der Waals surface area contributed by atoms with Crippen LogP contribution in [-0.2, 0) is 11.2 Å². The highest BCUT2D eigenvalue weighted by Gasteiger charge is 2.33. The SMILES string of the molecule is CCc1cccc(NC(=O)CN2C[C@@H](CN)[C@H](c3ccccc3)C2)c1. The number of amides is 1. The third-order valence-corrected chi connectivity index (χ3v) is 5.03. The summed E-state index contributed by atoms with van der Waals surface area (Å²) in [5.74, 6) is 0.846. The van der Waals surface area contributed by atoms with Crippen LogP contribution < -0.4 is 11.1 Å². The van der Waals surface area contributed by atoms with E-state index in [1.165, 1.54) is 11.1 Å². The smallest absolute Gasteiger partial charge is 0.238 e. The Morgan fingerprint density at radius 2 is 1.96 bits per heavy atom. The summed E-state index contributed by atoms with van der Waals surface area (Å²) in [6, 6.07) is 18.5. The molecule has 0 aliphatic carbocycles. The highest BCUT2D eigenvalue weighted by atomic mass is 16.2. The Bertz CT molecular complexity index is 701. The van der Waals surface area contributed by atoms with Crippen LogP contribution in [0.25, 0.3) is 0 Å². The van der Waals surface area contributed by atoms with Crippen LogP contribution >= 0.6 is 0 Å². The lowest BCUT2D eigenvalue weighted by molar-refractivity contribution is -0.117. The number of benzene rings is 2. The Balaban J connectivity index is 1.60. The minimum Gasteiger partial charge on any atom is -0.330 e. The van der Waals surface area contributed by atoms with Gasteiger partial charge >= 0.3 is 0 Å². The second kappa shape index (κ2) is 8.28. The maximum atomic E-state index is 12.4. The van der Waals surface area contributed by atoms with Crippen LogP contribution in [0.4, 0.5) is 5.69 Å². The lowest BCUT2D eigenvalue weighted by Gasteiger charge is -2.16. The van der Waals surface area contributed by atoms with Crippen molar-refractivity contribution >= 4 is 11.6 Å². The van der Waals surface area contributed by atoms with Gasteiger partial charge in [-0.15, -0.1) is 0 Å². The first-order valence-corrected chi connectivity index (χ1v) is 9.05. The Morgan fingerprint density at radius 1 is 1.16 bits per heavy atom. The molecule has 132 valence electrons. The molecule has 0 radical (unpaired) electrons. The first-order chi connectivity index (χ1) is 12.2. The van der Waals surface area contributed by atoms with E-state index in [2.05, 4.69) is 47.5 Å². The van der Waals surface area contributed by atoms with Crippen molar-refractivity contribution in [2.24, 2.45) is 11.7 Å². The number of likely N-dealkylation sites (tertiary alicyclic amines) is 1. The van der Waals surface area contributed by atoms with E-state index < -0.39 is 0 Å². The summed E-state index contributed by atoms with van der Waals surface area (Å²) < 4.78 is 0. The van der Waals surface area contributed by atoms with E-state index in [1.807, 2.05) is 24.3 Å². The molecular weight excluding hydrogens is 310 g/mol. The molecule has 4 heteroatoms.